The van der Waals surface area contributed by atoms with Crippen molar-refractivity contribution in [2.45, 2.75) is 78.2 Å². The van der Waals surface area contributed by atoms with E-state index in [0.717, 1.165) is 55.2 Å². The van der Waals surface area contributed by atoms with Crippen LogP contribution in [0.2, 0.25) is 5.02 Å². The van der Waals surface area contributed by atoms with Gasteiger partial charge in [-0.15, -0.1) is 0 Å². The summed E-state index contributed by atoms with van der Waals surface area (Å²) in [5.41, 5.74) is 3.84. The van der Waals surface area contributed by atoms with Gasteiger partial charge in [0.1, 0.15) is 16.7 Å². The average Bonchev–Trinajstić information content (AvgIpc) is 3.10. The van der Waals surface area contributed by atoms with Gasteiger partial charge >= 0.3 is 0 Å². The highest BCUT2D eigenvalue weighted by molar-refractivity contribution is 7.83. The molecule has 2 N–H and O–H groups in total. The van der Waals surface area contributed by atoms with Gasteiger partial charge in [0.25, 0.3) is 5.91 Å². The number of halogens is 1. The van der Waals surface area contributed by atoms with E-state index in [9.17, 15) is 14.1 Å². The van der Waals surface area contributed by atoms with Crippen LogP contribution < -0.4 is 14.4 Å². The first-order valence-electron chi connectivity index (χ1n) is 15.6. The third kappa shape index (κ3) is 8.18. The highest BCUT2D eigenvalue weighted by Crippen LogP contribution is 2.42. The Morgan fingerprint density at radius 2 is 1.90 bits per heavy atom. The number of ether oxygens (including phenoxy) is 1. The van der Waals surface area contributed by atoms with Crippen LogP contribution in [0.25, 0.3) is 0 Å². The van der Waals surface area contributed by atoms with Gasteiger partial charge in [-0.3, -0.25) is 9.52 Å². The smallest absolute Gasteiger partial charge is 0.263 e. The first-order chi connectivity index (χ1) is 20.2. The quantitative estimate of drug-likeness (QED) is 0.362. The lowest BCUT2D eigenvalue weighted by molar-refractivity contribution is 0.0461. The number of fused-ring (bicyclic) bond motifs is 2. The lowest BCUT2D eigenvalue weighted by Gasteiger charge is -2.42. The van der Waals surface area contributed by atoms with Gasteiger partial charge in [-0.1, -0.05) is 70.4 Å². The molecule has 0 saturated heterocycles. The zero-order valence-electron chi connectivity index (χ0n) is 25.5. The maximum absolute atomic E-state index is 13.1. The molecule has 1 amide bonds. The number of nitrogens with one attached hydrogen (secondary N) is 1. The SMILES string of the molecule is CCC.CCCc1cc(Cl)ccc1C1COc2ccc3cc2N(C1)CC1CCC1C(O)/C=C/C[C@@H](C)CS(=O)NC3=O. The van der Waals surface area contributed by atoms with Crippen LogP contribution >= 0.6 is 11.6 Å². The largest absolute Gasteiger partial charge is 0.491 e. The fourth-order valence-electron chi connectivity index (χ4n) is 6.13. The summed E-state index contributed by atoms with van der Waals surface area (Å²) in [7, 11) is -1.49. The summed E-state index contributed by atoms with van der Waals surface area (Å²) in [4.78, 5) is 15.4. The average molecular weight is 615 g/mol. The lowest BCUT2D eigenvalue weighted by atomic mass is 9.70. The third-order valence-electron chi connectivity index (χ3n) is 8.39. The van der Waals surface area contributed by atoms with Crippen molar-refractivity contribution in [2.75, 3.05) is 30.3 Å². The molecule has 230 valence electrons. The van der Waals surface area contributed by atoms with Crippen molar-refractivity contribution in [1.29, 1.82) is 0 Å². The van der Waals surface area contributed by atoms with Crippen molar-refractivity contribution in [3.63, 3.8) is 0 Å². The molecule has 5 rings (SSSR count). The Morgan fingerprint density at radius 3 is 2.62 bits per heavy atom. The molecule has 2 aliphatic heterocycles. The Bertz CT molecular complexity index is 1270. The molecule has 5 unspecified atom stereocenters. The topological polar surface area (TPSA) is 78.9 Å². The number of allylic oxidation sites excluding steroid dienone is 1. The maximum atomic E-state index is 13.1. The number of aliphatic hydroxyl groups is 1. The van der Waals surface area contributed by atoms with Crippen LogP contribution in [0, 0.1) is 17.8 Å². The zero-order valence-corrected chi connectivity index (χ0v) is 27.1. The van der Waals surface area contributed by atoms with Crippen molar-refractivity contribution in [3.8, 4) is 5.75 Å². The predicted molar refractivity (Wildman–Crippen MR) is 174 cm³/mol. The summed E-state index contributed by atoms with van der Waals surface area (Å²) < 4.78 is 21.7. The molecular formula is C34H47ClN2O4S. The molecule has 1 fully saturated rings. The Hall–Kier alpha value is -2.35. The molecule has 1 aliphatic carbocycles. The third-order valence-corrected chi connectivity index (χ3v) is 9.91. The van der Waals surface area contributed by atoms with Crippen LogP contribution in [0.4, 0.5) is 5.69 Å². The number of rotatable bonds is 3. The second-order valence-corrected chi connectivity index (χ2v) is 13.8. The minimum Gasteiger partial charge on any atom is -0.491 e. The molecule has 1 saturated carbocycles. The first-order valence-corrected chi connectivity index (χ1v) is 17.3. The molecule has 6 nitrogen and oxygen atoms in total. The number of aryl methyl sites for hydroxylation is 1. The summed E-state index contributed by atoms with van der Waals surface area (Å²) in [6, 6.07) is 11.6. The molecule has 2 bridgehead atoms. The van der Waals surface area contributed by atoms with Crippen molar-refractivity contribution >= 4 is 34.2 Å². The first kappa shape index (κ1) is 32.6. The van der Waals surface area contributed by atoms with Gasteiger partial charge in [0.2, 0.25) is 0 Å². The normalized spacial score (nSPS) is 28.5. The summed E-state index contributed by atoms with van der Waals surface area (Å²) in [5, 5.41) is 11.7. The van der Waals surface area contributed by atoms with Gasteiger partial charge in [-0.05, 0) is 84.9 Å². The summed E-state index contributed by atoms with van der Waals surface area (Å²) >= 11 is 6.37. The molecule has 3 aliphatic rings. The highest BCUT2D eigenvalue weighted by atomic mass is 35.5. The van der Waals surface area contributed by atoms with Gasteiger partial charge in [0.15, 0.2) is 0 Å². The molecule has 2 aromatic rings. The Kier molecular flexibility index (Phi) is 11.9. The van der Waals surface area contributed by atoms with Crippen LogP contribution in [-0.4, -0.2) is 46.8 Å². The summed E-state index contributed by atoms with van der Waals surface area (Å²) in [6.45, 7) is 10.5. The second kappa shape index (κ2) is 15.4. The van der Waals surface area contributed by atoms with Crippen molar-refractivity contribution < 1.29 is 18.8 Å². The Balaban J connectivity index is 0.00000129. The number of benzene rings is 2. The van der Waals surface area contributed by atoms with Crippen LogP contribution in [-0.2, 0) is 17.4 Å². The van der Waals surface area contributed by atoms with Gasteiger partial charge in [-0.25, -0.2) is 4.21 Å². The second-order valence-electron chi connectivity index (χ2n) is 12.1. The van der Waals surface area contributed by atoms with E-state index in [1.165, 1.54) is 17.5 Å². The van der Waals surface area contributed by atoms with Gasteiger partial charge < -0.3 is 14.7 Å². The molecule has 2 aromatic carbocycles. The maximum Gasteiger partial charge on any atom is 0.263 e. The number of nitrogens with zero attached hydrogens (tertiary/aromatic N) is 1. The Labute approximate surface area is 259 Å². The highest BCUT2D eigenvalue weighted by Gasteiger charge is 2.38. The number of aliphatic hydroxyl groups excluding tert-OH is 1. The van der Waals surface area contributed by atoms with E-state index in [4.69, 9.17) is 16.3 Å². The minimum absolute atomic E-state index is 0.122. The van der Waals surface area contributed by atoms with Crippen LogP contribution in [0.15, 0.2) is 48.6 Å². The van der Waals surface area contributed by atoms with Crippen LogP contribution in [0.5, 0.6) is 5.75 Å². The fraction of sp³-hybridized carbons (Fsp3) is 0.559. The molecule has 2 heterocycles. The van der Waals surface area contributed by atoms with E-state index in [0.29, 0.717) is 30.3 Å². The standard InChI is InChI=1S/C31H39ClN2O4S.C3H8/c1-3-5-21-14-25(32)10-12-26(21)24-17-34-16-23-8-11-27(23)29(35)7-4-6-20(2)19-39(37)33-31(36)22-9-13-30(38-18-24)28(34)15-22;1-3-2/h4,7,9-10,12-15,20,23-24,27,29,35H,3,5-6,8,11,16-19H2,1-2H3,(H,33,36);3H2,1-2H3/b7-4+;/t20-,23?,24?,27?,29?,39?;/m1./s1. The van der Waals surface area contributed by atoms with E-state index >= 15 is 0 Å². The molecule has 8 heteroatoms. The van der Waals surface area contributed by atoms with E-state index in [1.54, 1.807) is 6.07 Å². The summed E-state index contributed by atoms with van der Waals surface area (Å²) in [6.07, 6.45) is 9.41. The number of amides is 1. The van der Waals surface area contributed by atoms with E-state index in [2.05, 4.69) is 42.5 Å². The fourth-order valence-corrected chi connectivity index (χ4v) is 7.39. The number of anilines is 1. The monoisotopic (exact) mass is 614 g/mol. The van der Waals surface area contributed by atoms with Crippen molar-refractivity contribution in [3.05, 3.63) is 70.3 Å². The van der Waals surface area contributed by atoms with Gasteiger partial charge in [-0.2, -0.15) is 0 Å². The van der Waals surface area contributed by atoms with E-state index < -0.39 is 17.1 Å². The van der Waals surface area contributed by atoms with E-state index in [1.807, 2.05) is 37.3 Å². The van der Waals surface area contributed by atoms with Gasteiger partial charge in [0, 0.05) is 35.3 Å². The molecule has 0 spiro atoms. The molecule has 42 heavy (non-hydrogen) atoms. The Morgan fingerprint density at radius 1 is 1.12 bits per heavy atom. The lowest BCUT2D eigenvalue weighted by Crippen LogP contribution is -2.44. The summed E-state index contributed by atoms with van der Waals surface area (Å²) in [5.74, 6) is 1.55. The van der Waals surface area contributed by atoms with Crippen molar-refractivity contribution in [2.24, 2.45) is 17.8 Å². The van der Waals surface area contributed by atoms with Crippen molar-refractivity contribution in [1.82, 2.24) is 4.72 Å². The number of carbonyl (C=O) groups excluding carboxylic acids is 1. The van der Waals surface area contributed by atoms with Gasteiger partial charge in [0.05, 0.1) is 18.4 Å². The minimum atomic E-state index is -1.49. The number of carbonyl (C=O) groups is 1. The van der Waals surface area contributed by atoms with Crippen LogP contribution in [0.3, 0.4) is 0 Å². The van der Waals surface area contributed by atoms with E-state index in [-0.39, 0.29) is 23.7 Å². The molecule has 0 aromatic heterocycles. The zero-order chi connectivity index (χ0) is 30.2. The molecular weight excluding hydrogens is 568 g/mol. The number of hydrogen-bond donors (Lipinski definition) is 2. The van der Waals surface area contributed by atoms with Crippen LogP contribution in [0.1, 0.15) is 87.2 Å². The molecule has 6 atom stereocenters. The number of hydrogen-bond acceptors (Lipinski definition) is 5. The molecule has 0 radical (unpaired) electrons. The predicted octanol–water partition coefficient (Wildman–Crippen LogP) is 7.07.